The van der Waals surface area contributed by atoms with Crippen molar-refractivity contribution in [2.75, 3.05) is 44.9 Å². The highest BCUT2D eigenvalue weighted by molar-refractivity contribution is 8.77. The minimum atomic E-state index is -1.76. The number of hydrogen-bond acceptors (Lipinski definition) is 15. The number of ether oxygens (including phenoxy) is 4. The zero-order chi connectivity index (χ0) is 50.9. The smallest absolute Gasteiger partial charge is 0.328 e. The summed E-state index contributed by atoms with van der Waals surface area (Å²) in [5, 5.41) is 25.6. The van der Waals surface area contributed by atoms with E-state index in [0.29, 0.717) is 36.6 Å². The quantitative estimate of drug-likeness (QED) is 0.0644. The number of aliphatic hydroxyl groups is 2. The summed E-state index contributed by atoms with van der Waals surface area (Å²) in [4.78, 5) is 93.7. The largest absolute Gasteiger partial charge is 0.495 e. The molecule has 3 N–H and O–H groups in total. The van der Waals surface area contributed by atoms with Gasteiger partial charge in [-0.05, 0) is 72.1 Å². The second-order valence-electron chi connectivity index (χ2n) is 18.6. The molecule has 0 saturated carbocycles. The highest BCUT2D eigenvalue weighted by Gasteiger charge is 2.64. The minimum Gasteiger partial charge on any atom is -0.495 e. The molecule has 1 aromatic rings. The fourth-order valence-corrected chi connectivity index (χ4v) is 10.7. The van der Waals surface area contributed by atoms with Crippen LogP contribution < -0.4 is 15.0 Å². The molecule has 2 bridgehead atoms. The van der Waals surface area contributed by atoms with E-state index in [9.17, 15) is 43.8 Å². The summed E-state index contributed by atoms with van der Waals surface area (Å²) in [6, 6.07) is 2.44. The van der Waals surface area contributed by atoms with E-state index in [1.807, 2.05) is 20.8 Å². The molecule has 0 spiro atoms. The van der Waals surface area contributed by atoms with Crippen LogP contribution in [0.4, 0.5) is 5.69 Å². The average Bonchev–Trinajstić information content (AvgIpc) is 3.87. The summed E-state index contributed by atoms with van der Waals surface area (Å²) >= 11 is 6.79. The average molecular weight is 1010 g/mol. The van der Waals surface area contributed by atoms with Crippen molar-refractivity contribution in [3.63, 3.8) is 0 Å². The Kier molecular flexibility index (Phi) is 19.8. The number of anilines is 1. The molecule has 68 heavy (non-hydrogen) atoms. The number of carbonyl (C=O) groups is 7. The monoisotopic (exact) mass is 1010 g/mol. The van der Waals surface area contributed by atoms with Gasteiger partial charge in [-0.2, -0.15) is 0 Å². The fourth-order valence-electron chi connectivity index (χ4n) is 7.86. The predicted molar refractivity (Wildman–Crippen MR) is 261 cm³/mol. The highest BCUT2D eigenvalue weighted by atomic mass is 35.5. The molecule has 1 fully saturated rings. The van der Waals surface area contributed by atoms with E-state index < -0.39 is 77.2 Å². The number of likely N-dealkylation sites (N-methyl/N-ethyl adjacent to an activating group) is 1. The van der Waals surface area contributed by atoms with E-state index in [2.05, 4.69) is 5.32 Å². The molecule has 0 aliphatic carbocycles. The van der Waals surface area contributed by atoms with E-state index >= 15 is 0 Å². The minimum absolute atomic E-state index is 0.000790. The summed E-state index contributed by atoms with van der Waals surface area (Å²) in [5.41, 5.74) is -1.09. The van der Waals surface area contributed by atoms with Crippen LogP contribution in [0.2, 0.25) is 5.02 Å². The maximum absolute atomic E-state index is 14.3. The molecule has 3 aliphatic heterocycles. The normalized spacial score (nSPS) is 27.4. The van der Waals surface area contributed by atoms with E-state index in [4.69, 9.17) is 30.5 Å². The SMILES string of the molecule is COc1cc2cc(c1Cl)N(C)C(=O)C[C@H](OC(=O)[C@H](C)N(C)C(=O)CCC(C)(C)SSCCNC(=O)CCN1C(=O)C=CC1=O)[C@]1(C)O[C@H]1[C@H](C)[C@H](OC(C)=O)C[C@](C)(O)[C@H](O)/C=C/C=C(\C)C2. The molecule has 1 saturated heterocycles. The molecule has 0 radical (unpaired) electrons. The van der Waals surface area contributed by atoms with Crippen molar-refractivity contribution in [1.29, 1.82) is 0 Å². The highest BCUT2D eigenvalue weighted by Crippen LogP contribution is 2.49. The van der Waals surface area contributed by atoms with E-state index in [1.165, 1.54) is 73.8 Å². The molecule has 3 heterocycles. The van der Waals surface area contributed by atoms with Crippen molar-refractivity contribution in [3.8, 4) is 5.75 Å². The summed E-state index contributed by atoms with van der Waals surface area (Å²) < 4.78 is 23.4. The van der Waals surface area contributed by atoms with Gasteiger partial charge in [-0.1, -0.05) is 63.9 Å². The number of methoxy groups -OCH3 is 1. The molecular weight excluding hydrogens is 940 g/mol. The lowest BCUT2D eigenvalue weighted by Gasteiger charge is -2.34. The van der Waals surface area contributed by atoms with E-state index in [-0.39, 0.29) is 53.8 Å². The van der Waals surface area contributed by atoms with Gasteiger partial charge < -0.3 is 44.3 Å². The third-order valence-corrected chi connectivity index (χ3v) is 16.2. The Morgan fingerprint density at radius 1 is 1.10 bits per heavy atom. The Hall–Kier alpha value is -4.40. The van der Waals surface area contributed by atoms with Gasteiger partial charge in [-0.25, -0.2) is 4.79 Å². The van der Waals surface area contributed by atoms with Crippen LogP contribution >= 0.6 is 33.2 Å². The first-order valence-electron chi connectivity index (χ1n) is 22.5. The number of rotatable bonds is 16. The van der Waals surface area contributed by atoms with Gasteiger partial charge in [0, 0.05) is 81.9 Å². The number of benzene rings is 1. The Morgan fingerprint density at radius 2 is 1.76 bits per heavy atom. The van der Waals surface area contributed by atoms with Gasteiger partial charge in [-0.15, -0.1) is 0 Å². The van der Waals surface area contributed by atoms with Crippen LogP contribution in [0.5, 0.6) is 5.75 Å². The standard InChI is InChI=1S/C48H67ClN4O13S2/c1-28-13-12-14-36(55)47(7,62)27-35(64-31(4)54)29(2)44-48(8,66-44)37(26-42(60)52(10)33-24-32(23-28)25-34(63-11)43(33)49)65-45(61)30(3)51(9)39(57)17-19-46(5,6)68-67-22-20-50-38(56)18-21-53-40(58)15-16-41(53)59/h12-16,24-25,29-30,35-37,44,55,62H,17-23,26-27H2,1-11H3,(H,50,56)/b14-12+,28-13+/t29-,30+,35-,36-,37+,44+,47+,48+/m1/s1. The number of nitrogens with zero attached hydrogens (tertiary/aromatic N) is 3. The molecule has 0 unspecified atom stereocenters. The van der Waals surface area contributed by atoms with Crippen molar-refractivity contribution in [2.45, 2.75) is 140 Å². The Bertz CT molecular complexity index is 2150. The van der Waals surface area contributed by atoms with Crippen LogP contribution in [0.15, 0.2) is 48.1 Å². The first-order valence-corrected chi connectivity index (χ1v) is 25.2. The zero-order valence-corrected chi connectivity index (χ0v) is 43.2. The first-order chi connectivity index (χ1) is 31.7. The van der Waals surface area contributed by atoms with E-state index in [0.717, 1.165) is 16.0 Å². The summed E-state index contributed by atoms with van der Waals surface area (Å²) in [6.45, 7) is 13.9. The molecule has 3 aliphatic rings. The van der Waals surface area contributed by atoms with Gasteiger partial charge in [0.15, 0.2) is 0 Å². The number of fused-ring (bicyclic) bond motifs is 3. The van der Waals surface area contributed by atoms with Gasteiger partial charge in [0.1, 0.15) is 40.7 Å². The lowest BCUT2D eigenvalue weighted by Crippen LogP contribution is -2.48. The number of aliphatic hydroxyl groups excluding tert-OH is 1. The summed E-state index contributed by atoms with van der Waals surface area (Å²) in [6.07, 6.45) is 3.31. The van der Waals surface area contributed by atoms with Crippen LogP contribution in [0, 0.1) is 5.92 Å². The number of amides is 5. The lowest BCUT2D eigenvalue weighted by atomic mass is 9.82. The third kappa shape index (κ3) is 15.1. The van der Waals surface area contributed by atoms with Crippen LogP contribution in [-0.2, 0) is 54.2 Å². The Morgan fingerprint density at radius 3 is 2.40 bits per heavy atom. The number of esters is 2. The molecule has 376 valence electrons. The second kappa shape index (κ2) is 23.9. The third-order valence-electron chi connectivity index (χ3n) is 12.5. The molecule has 1 aromatic carbocycles. The van der Waals surface area contributed by atoms with Gasteiger partial charge >= 0.3 is 11.9 Å². The van der Waals surface area contributed by atoms with Gasteiger partial charge in [-0.3, -0.25) is 33.7 Å². The Labute approximate surface area is 412 Å². The van der Waals surface area contributed by atoms with Crippen molar-refractivity contribution in [3.05, 3.63) is 58.7 Å². The van der Waals surface area contributed by atoms with Gasteiger partial charge in [0.2, 0.25) is 17.7 Å². The number of allylic oxidation sites excluding steroid dienone is 3. The number of halogens is 1. The lowest BCUT2D eigenvalue weighted by molar-refractivity contribution is -0.162. The number of nitrogens with one attached hydrogen (secondary N) is 1. The van der Waals surface area contributed by atoms with E-state index in [1.54, 1.807) is 56.0 Å². The number of epoxide rings is 1. The second-order valence-corrected chi connectivity index (χ2v) is 22.1. The Balaban J connectivity index is 1.47. The fraction of sp³-hybridized carbons (Fsp3) is 0.604. The van der Waals surface area contributed by atoms with Crippen LogP contribution in [0.25, 0.3) is 0 Å². The summed E-state index contributed by atoms with van der Waals surface area (Å²) in [7, 11) is 7.59. The maximum atomic E-state index is 14.3. The topological polar surface area (TPSA) is 222 Å². The van der Waals surface area contributed by atoms with Crippen molar-refractivity contribution >= 4 is 80.4 Å². The van der Waals surface area contributed by atoms with Crippen LogP contribution in [-0.4, -0.2) is 148 Å². The van der Waals surface area contributed by atoms with Gasteiger partial charge in [0.05, 0.1) is 30.9 Å². The molecule has 4 rings (SSSR count). The van der Waals surface area contributed by atoms with Crippen molar-refractivity contribution in [2.24, 2.45) is 5.92 Å². The molecule has 8 atom stereocenters. The summed E-state index contributed by atoms with van der Waals surface area (Å²) in [5.74, 6) is -3.10. The van der Waals surface area contributed by atoms with Crippen molar-refractivity contribution in [1.82, 2.24) is 15.1 Å². The van der Waals surface area contributed by atoms with Crippen LogP contribution in [0.3, 0.4) is 0 Å². The molecule has 17 nitrogen and oxygen atoms in total. The molecule has 20 heteroatoms. The number of hydrogen-bond donors (Lipinski definition) is 3. The predicted octanol–water partition coefficient (Wildman–Crippen LogP) is 5.12. The zero-order valence-electron chi connectivity index (χ0n) is 40.8. The molecule has 0 aromatic heterocycles. The molecule has 5 amide bonds. The number of carbonyl (C=O) groups excluding carboxylic acids is 7. The maximum Gasteiger partial charge on any atom is 0.328 e. The van der Waals surface area contributed by atoms with Crippen LogP contribution in [0.1, 0.15) is 93.1 Å². The first kappa shape index (κ1) is 56.2. The van der Waals surface area contributed by atoms with Gasteiger partial charge in [0.25, 0.3) is 11.8 Å². The number of imide groups is 1. The van der Waals surface area contributed by atoms with Crippen molar-refractivity contribution < 1.29 is 62.7 Å². The molecular formula is C48H67ClN4O13S2.